The fourth-order valence-corrected chi connectivity index (χ4v) is 6.48. The van der Waals surface area contributed by atoms with Gasteiger partial charge in [-0.25, -0.2) is 27.1 Å². The Bertz CT molecular complexity index is 1470. The van der Waals surface area contributed by atoms with Crippen molar-refractivity contribution >= 4 is 39.2 Å². The molecule has 0 amide bonds. The number of sulfonamides is 1. The molecule has 4 unspecified atom stereocenters. The zero-order valence-corrected chi connectivity index (χ0v) is 21.4. The Morgan fingerprint density at radius 2 is 2.08 bits per heavy atom. The first-order valence-corrected chi connectivity index (χ1v) is 13.6. The standard InChI is InChI=1S/C25H24ClFN6O3S/c1-15-4-6-18(7-5-15)37(35,36)33-13-20(19-9-16(26)11-30-24(19)33)22-29-12-21(27)23(32-22)31-17-3-2-8-25(34,10-17)14-28/h4-7,9,11-13,17,19,24,34H,2-3,8,10H2,1H3,(H,29,31,32). The fraction of sp³-hybridized carbons (Fsp3) is 0.360. The Hall–Kier alpha value is -3.33. The van der Waals surface area contributed by atoms with Crippen molar-refractivity contribution in [3.63, 3.8) is 0 Å². The maximum atomic E-state index is 14.7. The second-order valence-electron chi connectivity index (χ2n) is 9.47. The summed E-state index contributed by atoms with van der Waals surface area (Å²) in [6, 6.07) is 8.05. The Morgan fingerprint density at radius 3 is 2.81 bits per heavy atom. The summed E-state index contributed by atoms with van der Waals surface area (Å²) in [5.41, 5.74) is -0.141. The van der Waals surface area contributed by atoms with Crippen molar-refractivity contribution < 1.29 is 17.9 Å². The smallest absolute Gasteiger partial charge is 0.265 e. The number of fused-ring (bicyclic) bond motifs is 1. The van der Waals surface area contributed by atoms with E-state index in [0.29, 0.717) is 29.9 Å². The van der Waals surface area contributed by atoms with Crippen molar-refractivity contribution in [3.8, 4) is 6.07 Å². The molecule has 2 aromatic rings. The molecular weight excluding hydrogens is 519 g/mol. The van der Waals surface area contributed by atoms with Crippen LogP contribution in [0, 0.1) is 30.0 Å². The molecule has 0 saturated heterocycles. The van der Waals surface area contributed by atoms with Gasteiger partial charge in [-0.3, -0.25) is 4.99 Å². The lowest BCUT2D eigenvalue weighted by atomic mass is 9.83. The number of nitriles is 1. The van der Waals surface area contributed by atoms with Crippen LogP contribution in [-0.2, 0) is 10.0 Å². The topological polar surface area (TPSA) is 132 Å². The van der Waals surface area contributed by atoms with Crippen molar-refractivity contribution in [1.29, 1.82) is 5.26 Å². The minimum atomic E-state index is -3.97. The number of anilines is 1. The summed E-state index contributed by atoms with van der Waals surface area (Å²) in [4.78, 5) is 13.0. The molecule has 5 rings (SSSR count). The summed E-state index contributed by atoms with van der Waals surface area (Å²) < 4.78 is 42.9. The van der Waals surface area contributed by atoms with E-state index in [9.17, 15) is 23.2 Å². The van der Waals surface area contributed by atoms with E-state index >= 15 is 0 Å². The number of aryl methyl sites for hydroxylation is 1. The Kier molecular flexibility index (Phi) is 6.52. The van der Waals surface area contributed by atoms with Gasteiger partial charge in [0.25, 0.3) is 10.0 Å². The van der Waals surface area contributed by atoms with Crippen LogP contribution in [0.1, 0.15) is 37.1 Å². The van der Waals surface area contributed by atoms with Gasteiger partial charge in [-0.05, 0) is 38.3 Å². The van der Waals surface area contributed by atoms with E-state index in [-0.39, 0.29) is 29.0 Å². The first kappa shape index (κ1) is 25.3. The molecule has 3 heterocycles. The molecule has 4 atom stereocenters. The number of hydrogen-bond donors (Lipinski definition) is 2. The normalized spacial score (nSPS) is 27.2. The van der Waals surface area contributed by atoms with Gasteiger partial charge in [-0.1, -0.05) is 35.4 Å². The molecule has 1 fully saturated rings. The predicted molar refractivity (Wildman–Crippen MR) is 136 cm³/mol. The van der Waals surface area contributed by atoms with Crippen LogP contribution in [-0.4, -0.2) is 51.8 Å². The van der Waals surface area contributed by atoms with Gasteiger partial charge in [-0.2, -0.15) is 5.26 Å². The van der Waals surface area contributed by atoms with Crippen molar-refractivity contribution in [2.45, 2.75) is 55.3 Å². The molecule has 9 nitrogen and oxygen atoms in total. The SMILES string of the molecule is Cc1ccc(S(=O)(=O)N2C=C(c3ncc(F)c(NC4CCCC(O)(C#N)C4)n3)C3C=C(Cl)C=NC32)cc1. The zero-order chi connectivity index (χ0) is 26.4. The second kappa shape index (κ2) is 9.52. The number of aliphatic hydroxyl groups is 1. The van der Waals surface area contributed by atoms with E-state index in [2.05, 4.69) is 20.3 Å². The molecule has 0 bridgehead atoms. The van der Waals surface area contributed by atoms with Gasteiger partial charge < -0.3 is 10.4 Å². The highest BCUT2D eigenvalue weighted by molar-refractivity contribution is 7.89. The predicted octanol–water partition coefficient (Wildman–Crippen LogP) is 3.73. The Morgan fingerprint density at radius 1 is 1.32 bits per heavy atom. The van der Waals surface area contributed by atoms with Gasteiger partial charge in [0.15, 0.2) is 23.1 Å². The van der Waals surface area contributed by atoms with Gasteiger partial charge in [0.05, 0.1) is 28.1 Å². The Balaban J connectivity index is 1.50. The van der Waals surface area contributed by atoms with E-state index in [0.717, 1.165) is 16.1 Å². The number of dihydropyridines is 1. The molecule has 1 aromatic carbocycles. The highest BCUT2D eigenvalue weighted by atomic mass is 35.5. The summed E-state index contributed by atoms with van der Waals surface area (Å²) in [7, 11) is -3.97. The van der Waals surface area contributed by atoms with Gasteiger partial charge >= 0.3 is 0 Å². The summed E-state index contributed by atoms with van der Waals surface area (Å²) in [5, 5.41) is 23.0. The quantitative estimate of drug-likeness (QED) is 0.550. The van der Waals surface area contributed by atoms with Crippen molar-refractivity contribution in [1.82, 2.24) is 14.3 Å². The van der Waals surface area contributed by atoms with Gasteiger partial charge in [-0.15, -0.1) is 0 Å². The summed E-state index contributed by atoms with van der Waals surface area (Å²) in [5.74, 6) is -1.27. The molecule has 12 heteroatoms. The summed E-state index contributed by atoms with van der Waals surface area (Å²) in [6.45, 7) is 1.87. The molecule has 0 spiro atoms. The minimum Gasteiger partial charge on any atom is -0.375 e. The molecule has 192 valence electrons. The third-order valence-electron chi connectivity index (χ3n) is 6.77. The lowest BCUT2D eigenvalue weighted by Gasteiger charge is -2.32. The lowest BCUT2D eigenvalue weighted by Crippen LogP contribution is -2.39. The highest BCUT2D eigenvalue weighted by Gasteiger charge is 2.43. The van der Waals surface area contributed by atoms with E-state index in [1.165, 1.54) is 24.5 Å². The van der Waals surface area contributed by atoms with Crippen molar-refractivity contribution in [2.75, 3.05) is 5.32 Å². The first-order chi connectivity index (χ1) is 17.6. The zero-order valence-electron chi connectivity index (χ0n) is 19.8. The molecule has 1 aliphatic carbocycles. The molecule has 2 aliphatic heterocycles. The van der Waals surface area contributed by atoms with Crippen LogP contribution >= 0.6 is 11.6 Å². The number of nitrogens with zero attached hydrogens (tertiary/aromatic N) is 5. The lowest BCUT2D eigenvalue weighted by molar-refractivity contribution is 0.0539. The second-order valence-corrected chi connectivity index (χ2v) is 11.8. The molecule has 0 radical (unpaired) electrons. The van der Waals surface area contributed by atoms with Gasteiger partial charge in [0.1, 0.15) is 6.17 Å². The number of aliphatic imine (C=N–C) groups is 1. The molecular formula is C25H24ClFN6O3S. The number of rotatable bonds is 5. The number of aromatic nitrogens is 2. The maximum Gasteiger partial charge on any atom is 0.265 e. The molecule has 37 heavy (non-hydrogen) atoms. The van der Waals surface area contributed by atoms with E-state index in [1.807, 2.05) is 13.0 Å². The summed E-state index contributed by atoms with van der Waals surface area (Å²) in [6.07, 6.45) is 6.37. The molecule has 3 aliphatic rings. The monoisotopic (exact) mass is 542 g/mol. The average Bonchev–Trinajstić information content (AvgIpc) is 3.25. The van der Waals surface area contributed by atoms with Crippen LogP contribution in [0.3, 0.4) is 0 Å². The number of hydrogen-bond acceptors (Lipinski definition) is 8. The Labute approximate surface area is 219 Å². The fourth-order valence-electron chi connectivity index (χ4n) is 4.84. The van der Waals surface area contributed by atoms with Crippen molar-refractivity contribution in [3.05, 3.63) is 65.0 Å². The van der Waals surface area contributed by atoms with Gasteiger partial charge in [0.2, 0.25) is 0 Å². The van der Waals surface area contributed by atoms with Gasteiger partial charge in [0, 0.05) is 30.5 Å². The van der Waals surface area contributed by atoms with Crippen LogP contribution in [0.2, 0.25) is 0 Å². The molecule has 2 N–H and O–H groups in total. The number of nitrogens with one attached hydrogen (secondary N) is 1. The van der Waals surface area contributed by atoms with Crippen LogP contribution in [0.4, 0.5) is 10.2 Å². The average molecular weight is 543 g/mol. The first-order valence-electron chi connectivity index (χ1n) is 11.8. The number of allylic oxidation sites excluding steroid dienone is 1. The highest BCUT2D eigenvalue weighted by Crippen LogP contribution is 2.41. The third kappa shape index (κ3) is 4.84. The van der Waals surface area contributed by atoms with Crippen LogP contribution < -0.4 is 5.32 Å². The third-order valence-corrected chi connectivity index (χ3v) is 8.74. The van der Waals surface area contributed by atoms with E-state index in [1.54, 1.807) is 18.2 Å². The van der Waals surface area contributed by atoms with Crippen LogP contribution in [0.25, 0.3) is 5.57 Å². The largest absolute Gasteiger partial charge is 0.375 e. The van der Waals surface area contributed by atoms with Crippen LogP contribution in [0.5, 0.6) is 0 Å². The van der Waals surface area contributed by atoms with Crippen molar-refractivity contribution in [2.24, 2.45) is 10.9 Å². The minimum absolute atomic E-state index is 0.0936. The number of benzene rings is 1. The molecule has 1 aromatic heterocycles. The van der Waals surface area contributed by atoms with E-state index < -0.39 is 33.5 Å². The molecule has 1 saturated carbocycles. The summed E-state index contributed by atoms with van der Waals surface area (Å²) >= 11 is 6.21. The maximum absolute atomic E-state index is 14.7. The number of halogens is 2. The van der Waals surface area contributed by atoms with Crippen LogP contribution in [0.15, 0.2) is 57.7 Å². The van der Waals surface area contributed by atoms with E-state index in [4.69, 9.17) is 11.6 Å².